The van der Waals surface area contributed by atoms with Crippen LogP contribution in [0.2, 0.25) is 0 Å². The van der Waals surface area contributed by atoms with Crippen LogP contribution in [0.3, 0.4) is 0 Å². The minimum Gasteiger partial charge on any atom is -0.344 e. The molecule has 1 nitrogen and oxygen atoms in total. The van der Waals surface area contributed by atoms with Crippen molar-refractivity contribution in [1.29, 1.82) is 0 Å². The Bertz CT molecular complexity index is 1060. The molecule has 5 rings (SSSR count). The monoisotopic (exact) mass is 339 g/mol. The summed E-state index contributed by atoms with van der Waals surface area (Å²) in [6.07, 6.45) is 0. The lowest BCUT2D eigenvalue weighted by Gasteiger charge is -2.41. The van der Waals surface area contributed by atoms with Crippen molar-refractivity contribution in [2.45, 2.75) is 38.5 Å². The summed E-state index contributed by atoms with van der Waals surface area (Å²) in [4.78, 5) is 2.37. The van der Waals surface area contributed by atoms with Crippen LogP contribution in [-0.2, 0) is 10.8 Å². The molecule has 1 aliphatic heterocycles. The zero-order valence-electron chi connectivity index (χ0n) is 16.2. The van der Waals surface area contributed by atoms with Crippen molar-refractivity contribution < 1.29 is 0 Å². The molecule has 3 aromatic carbocycles. The molecule has 0 radical (unpaired) electrons. The van der Waals surface area contributed by atoms with Gasteiger partial charge < -0.3 is 4.90 Å². The van der Waals surface area contributed by atoms with E-state index < -0.39 is 0 Å². The quantitative estimate of drug-likeness (QED) is 0.458. The summed E-state index contributed by atoms with van der Waals surface area (Å²) in [5, 5.41) is 0. The summed E-state index contributed by atoms with van der Waals surface area (Å²) < 4.78 is 0. The molecule has 0 saturated heterocycles. The largest absolute Gasteiger partial charge is 0.344 e. The van der Waals surface area contributed by atoms with Gasteiger partial charge in [0.1, 0.15) is 0 Å². The van der Waals surface area contributed by atoms with Crippen LogP contribution in [0, 0.1) is 0 Å². The van der Waals surface area contributed by atoms with E-state index in [0.717, 1.165) is 0 Å². The summed E-state index contributed by atoms with van der Waals surface area (Å²) >= 11 is 0. The van der Waals surface area contributed by atoms with Crippen LogP contribution in [0.1, 0.15) is 49.9 Å². The number of para-hydroxylation sites is 1. The fourth-order valence-electron chi connectivity index (χ4n) is 5.08. The normalized spacial score (nSPS) is 18.0. The predicted octanol–water partition coefficient (Wildman–Crippen LogP) is 6.40. The third-order valence-electron chi connectivity index (χ3n) is 6.67. The molecule has 0 amide bonds. The second-order valence-electron chi connectivity index (χ2n) is 8.79. The van der Waals surface area contributed by atoms with Crippen LogP contribution in [0.4, 0.5) is 11.4 Å². The summed E-state index contributed by atoms with van der Waals surface area (Å²) in [7, 11) is 2.20. The minimum atomic E-state index is -0.00167. The molecule has 0 N–H and O–H groups in total. The van der Waals surface area contributed by atoms with Gasteiger partial charge in [-0.3, -0.25) is 0 Å². The van der Waals surface area contributed by atoms with Crippen molar-refractivity contribution in [2.75, 3.05) is 11.9 Å². The molecule has 0 unspecified atom stereocenters. The van der Waals surface area contributed by atoms with E-state index >= 15 is 0 Å². The number of hydrogen-bond donors (Lipinski definition) is 0. The number of nitrogens with zero attached hydrogens (tertiary/aromatic N) is 1. The lowest BCUT2D eigenvalue weighted by atomic mass is 9.71. The van der Waals surface area contributed by atoms with Crippen molar-refractivity contribution in [3.8, 4) is 11.1 Å². The zero-order chi connectivity index (χ0) is 18.3. The van der Waals surface area contributed by atoms with Crippen molar-refractivity contribution in [2.24, 2.45) is 0 Å². The molecule has 1 heterocycles. The van der Waals surface area contributed by atoms with Gasteiger partial charge in [0.25, 0.3) is 0 Å². The van der Waals surface area contributed by atoms with Crippen molar-refractivity contribution >= 4 is 11.4 Å². The SMILES string of the molecule is CN1c2ccccc2C(C)(C)c2cc3c(cc21)-c1ccccc1C3(C)C. The Labute approximate surface area is 156 Å². The Kier molecular flexibility index (Phi) is 2.89. The molecular formula is C25H25N. The maximum absolute atomic E-state index is 2.48. The van der Waals surface area contributed by atoms with Gasteiger partial charge in [-0.1, -0.05) is 76.2 Å². The first-order valence-electron chi connectivity index (χ1n) is 9.45. The highest BCUT2D eigenvalue weighted by Crippen LogP contribution is 2.55. The average Bonchev–Trinajstić information content (AvgIpc) is 2.87. The van der Waals surface area contributed by atoms with E-state index in [-0.39, 0.29) is 10.8 Å². The second kappa shape index (κ2) is 4.79. The molecule has 0 atom stereocenters. The van der Waals surface area contributed by atoms with E-state index in [1.54, 1.807) is 0 Å². The predicted molar refractivity (Wildman–Crippen MR) is 111 cm³/mol. The number of benzene rings is 3. The van der Waals surface area contributed by atoms with Crippen LogP contribution in [0.5, 0.6) is 0 Å². The van der Waals surface area contributed by atoms with E-state index in [0.29, 0.717) is 0 Å². The van der Waals surface area contributed by atoms with Crippen molar-refractivity contribution in [3.05, 3.63) is 82.9 Å². The van der Waals surface area contributed by atoms with E-state index in [9.17, 15) is 0 Å². The molecule has 0 saturated carbocycles. The lowest BCUT2D eigenvalue weighted by molar-refractivity contribution is 0.618. The fourth-order valence-corrected chi connectivity index (χ4v) is 5.08. The summed E-state index contributed by atoms with van der Waals surface area (Å²) in [5.74, 6) is 0. The number of anilines is 2. The highest BCUT2D eigenvalue weighted by Gasteiger charge is 2.40. The molecule has 0 bridgehead atoms. The molecule has 0 spiro atoms. The number of fused-ring (bicyclic) bond motifs is 5. The van der Waals surface area contributed by atoms with Gasteiger partial charge in [-0.05, 0) is 45.5 Å². The first kappa shape index (κ1) is 15.7. The highest BCUT2D eigenvalue weighted by molar-refractivity contribution is 5.88. The highest BCUT2D eigenvalue weighted by atomic mass is 15.1. The molecule has 3 aromatic rings. The Morgan fingerprint density at radius 3 is 1.96 bits per heavy atom. The van der Waals surface area contributed by atoms with Gasteiger partial charge in [0.05, 0.1) is 0 Å². The zero-order valence-corrected chi connectivity index (χ0v) is 16.2. The van der Waals surface area contributed by atoms with Gasteiger partial charge in [-0.2, -0.15) is 0 Å². The molecule has 1 aliphatic carbocycles. The number of rotatable bonds is 0. The molecule has 0 fully saturated rings. The second-order valence-corrected chi connectivity index (χ2v) is 8.79. The maximum atomic E-state index is 2.48. The van der Waals surface area contributed by atoms with Gasteiger partial charge >= 0.3 is 0 Å². The standard InChI is InChI=1S/C25H25N/c1-24(2)18-11-7-6-10-16(18)17-14-23-21(15-20(17)24)25(3,4)19-12-8-9-13-22(19)26(23)5/h6-15H,1-5H3. The Morgan fingerprint density at radius 2 is 1.19 bits per heavy atom. The number of hydrogen-bond acceptors (Lipinski definition) is 1. The summed E-state index contributed by atoms with van der Waals surface area (Å²) in [6, 6.07) is 22.6. The van der Waals surface area contributed by atoms with Crippen LogP contribution < -0.4 is 4.90 Å². The summed E-state index contributed by atoms with van der Waals surface area (Å²) in [5.41, 5.74) is 11.2. The van der Waals surface area contributed by atoms with E-state index in [4.69, 9.17) is 0 Å². The third kappa shape index (κ3) is 1.76. The summed E-state index contributed by atoms with van der Waals surface area (Å²) in [6.45, 7) is 9.44. The molecule has 1 heteroatoms. The van der Waals surface area contributed by atoms with Crippen LogP contribution in [0.15, 0.2) is 60.7 Å². The fraction of sp³-hybridized carbons (Fsp3) is 0.280. The van der Waals surface area contributed by atoms with Gasteiger partial charge in [-0.25, -0.2) is 0 Å². The Balaban J connectivity index is 1.84. The average molecular weight is 339 g/mol. The first-order valence-corrected chi connectivity index (χ1v) is 9.45. The molecule has 0 aromatic heterocycles. The Morgan fingerprint density at radius 1 is 0.577 bits per heavy atom. The van der Waals surface area contributed by atoms with Gasteiger partial charge in [0.2, 0.25) is 0 Å². The Hall–Kier alpha value is -2.54. The van der Waals surface area contributed by atoms with E-state index in [2.05, 4.69) is 100 Å². The minimum absolute atomic E-state index is 0.00167. The van der Waals surface area contributed by atoms with Gasteiger partial charge in [-0.15, -0.1) is 0 Å². The van der Waals surface area contributed by atoms with Crippen LogP contribution >= 0.6 is 0 Å². The van der Waals surface area contributed by atoms with Crippen molar-refractivity contribution in [1.82, 2.24) is 0 Å². The smallest absolute Gasteiger partial charge is 0.0456 e. The molecule has 130 valence electrons. The topological polar surface area (TPSA) is 3.24 Å². The maximum Gasteiger partial charge on any atom is 0.0456 e. The van der Waals surface area contributed by atoms with Gasteiger partial charge in [0.15, 0.2) is 0 Å². The van der Waals surface area contributed by atoms with Crippen LogP contribution in [-0.4, -0.2) is 7.05 Å². The van der Waals surface area contributed by atoms with Crippen LogP contribution in [0.25, 0.3) is 11.1 Å². The van der Waals surface area contributed by atoms with E-state index in [1.807, 2.05) is 0 Å². The van der Waals surface area contributed by atoms with Gasteiger partial charge in [0, 0.05) is 29.3 Å². The molecule has 26 heavy (non-hydrogen) atoms. The van der Waals surface area contributed by atoms with Crippen molar-refractivity contribution in [3.63, 3.8) is 0 Å². The lowest BCUT2D eigenvalue weighted by Crippen LogP contribution is -2.31. The molecule has 2 aliphatic rings. The molecular weight excluding hydrogens is 314 g/mol. The first-order chi connectivity index (χ1) is 12.3. The third-order valence-corrected chi connectivity index (χ3v) is 6.67. The van der Waals surface area contributed by atoms with E-state index in [1.165, 1.54) is 44.8 Å².